The molecule has 136 valence electrons. The fourth-order valence-corrected chi connectivity index (χ4v) is 2.64. The summed E-state index contributed by atoms with van der Waals surface area (Å²) in [5.74, 6) is -0.820. The summed E-state index contributed by atoms with van der Waals surface area (Å²) in [5.41, 5.74) is 2.56. The maximum atomic E-state index is 12.8. The second-order valence-corrected chi connectivity index (χ2v) is 5.86. The van der Waals surface area contributed by atoms with Crippen LogP contribution in [0.2, 0.25) is 0 Å². The van der Waals surface area contributed by atoms with E-state index in [-0.39, 0.29) is 16.2 Å². The molecule has 0 radical (unpaired) electrons. The summed E-state index contributed by atoms with van der Waals surface area (Å²) in [4.78, 5) is 28.6. The van der Waals surface area contributed by atoms with E-state index >= 15 is 0 Å². The summed E-state index contributed by atoms with van der Waals surface area (Å²) in [7, 11) is 1.53. The van der Waals surface area contributed by atoms with E-state index in [0.29, 0.717) is 11.3 Å². The van der Waals surface area contributed by atoms with Crippen molar-refractivity contribution in [1.82, 2.24) is 19.5 Å². The number of aromatic hydroxyl groups is 1. The molecule has 0 aliphatic carbocycles. The molecule has 2 heterocycles. The van der Waals surface area contributed by atoms with E-state index < -0.39 is 11.5 Å². The molecule has 0 fully saturated rings. The van der Waals surface area contributed by atoms with Gasteiger partial charge in [0.2, 0.25) is 5.88 Å². The number of aromatic nitrogens is 3. The van der Waals surface area contributed by atoms with Crippen molar-refractivity contribution in [3.05, 3.63) is 81.1 Å². The third kappa shape index (κ3) is 3.67. The van der Waals surface area contributed by atoms with Crippen LogP contribution in [0.15, 0.2) is 64.8 Å². The van der Waals surface area contributed by atoms with Crippen LogP contribution in [0.5, 0.6) is 5.88 Å². The number of carbonyl (C=O) groups excluding carboxylic acids is 1. The molecule has 27 heavy (non-hydrogen) atoms. The van der Waals surface area contributed by atoms with Gasteiger partial charge in [0.05, 0.1) is 11.9 Å². The van der Waals surface area contributed by atoms with Crippen LogP contribution in [0.25, 0.3) is 5.69 Å². The van der Waals surface area contributed by atoms with Gasteiger partial charge in [-0.15, -0.1) is 0 Å². The van der Waals surface area contributed by atoms with E-state index in [1.165, 1.54) is 40.7 Å². The summed E-state index contributed by atoms with van der Waals surface area (Å²) in [6.45, 7) is 0. The fraction of sp³-hybridized carbons (Fsp3) is 0.0556. The van der Waals surface area contributed by atoms with Crippen molar-refractivity contribution in [1.29, 1.82) is 0 Å². The Balaban J connectivity index is 1.99. The molecular weight excluding hydrogens is 366 g/mol. The van der Waals surface area contributed by atoms with Gasteiger partial charge in [-0.2, -0.15) is 5.10 Å². The second-order valence-electron chi connectivity index (χ2n) is 5.49. The molecule has 2 aromatic heterocycles. The Bertz CT molecular complexity index is 1120. The van der Waals surface area contributed by atoms with Crippen LogP contribution in [0, 0.1) is 4.77 Å². The lowest BCUT2D eigenvalue weighted by Crippen LogP contribution is -2.27. The topological polar surface area (TPSA) is 102 Å². The van der Waals surface area contributed by atoms with Crippen molar-refractivity contribution in [3.63, 3.8) is 0 Å². The maximum Gasteiger partial charge on any atom is 0.271 e. The number of hydrazone groups is 1. The average Bonchev–Trinajstić information content (AvgIpc) is 2.70. The molecule has 1 amide bonds. The molecule has 3 aromatic rings. The molecular formula is C18H15N5O3S. The summed E-state index contributed by atoms with van der Waals surface area (Å²) >= 11 is 5.27. The Labute approximate surface area is 159 Å². The van der Waals surface area contributed by atoms with E-state index in [1.54, 1.807) is 24.3 Å². The van der Waals surface area contributed by atoms with Crippen LogP contribution in [-0.4, -0.2) is 31.3 Å². The Morgan fingerprint density at radius 2 is 1.89 bits per heavy atom. The first-order chi connectivity index (χ1) is 13.0. The SMILES string of the molecule is Cn1c(O)c(/C=N/NC(=O)c2ccncc2)c(=O)n(-c2ccccc2)c1=S. The van der Waals surface area contributed by atoms with E-state index in [9.17, 15) is 14.7 Å². The first kappa shape index (κ1) is 18.2. The quantitative estimate of drug-likeness (QED) is 0.407. The van der Waals surface area contributed by atoms with Gasteiger partial charge < -0.3 is 5.11 Å². The minimum Gasteiger partial charge on any atom is -0.494 e. The molecule has 0 aliphatic heterocycles. The number of nitrogens with zero attached hydrogens (tertiary/aromatic N) is 4. The zero-order valence-electron chi connectivity index (χ0n) is 14.2. The molecule has 3 rings (SSSR count). The Hall–Kier alpha value is -3.59. The number of para-hydroxylation sites is 1. The largest absolute Gasteiger partial charge is 0.494 e. The van der Waals surface area contributed by atoms with Gasteiger partial charge in [-0.1, -0.05) is 18.2 Å². The highest BCUT2D eigenvalue weighted by molar-refractivity contribution is 7.71. The molecule has 2 N–H and O–H groups in total. The standard InChI is InChI=1S/C18H15N5O3S/c1-22-16(25)14(11-20-21-15(24)12-7-9-19-10-8-12)17(26)23(18(22)27)13-5-3-2-4-6-13/h2-11,25H,1H3,(H,21,24)/b20-11+. The molecule has 0 aliphatic rings. The van der Waals surface area contributed by atoms with Crippen molar-refractivity contribution in [3.8, 4) is 11.6 Å². The minimum atomic E-state index is -0.552. The first-order valence-electron chi connectivity index (χ1n) is 7.84. The van der Waals surface area contributed by atoms with Crippen LogP contribution in [-0.2, 0) is 7.05 Å². The zero-order chi connectivity index (χ0) is 19.4. The summed E-state index contributed by atoms with van der Waals surface area (Å²) in [5, 5.41) is 14.1. The molecule has 0 atom stereocenters. The number of amides is 1. The summed E-state index contributed by atoms with van der Waals surface area (Å²) < 4.78 is 2.69. The van der Waals surface area contributed by atoms with E-state index in [4.69, 9.17) is 12.2 Å². The predicted octanol–water partition coefficient (Wildman–Crippen LogP) is 1.77. The van der Waals surface area contributed by atoms with Crippen LogP contribution in [0.1, 0.15) is 15.9 Å². The minimum absolute atomic E-state index is 0.106. The van der Waals surface area contributed by atoms with Gasteiger partial charge >= 0.3 is 0 Å². The normalized spacial score (nSPS) is 10.9. The van der Waals surface area contributed by atoms with E-state index in [1.807, 2.05) is 6.07 Å². The van der Waals surface area contributed by atoms with Crippen LogP contribution in [0.3, 0.4) is 0 Å². The smallest absolute Gasteiger partial charge is 0.271 e. The number of benzene rings is 1. The Morgan fingerprint density at radius 3 is 2.56 bits per heavy atom. The van der Waals surface area contributed by atoms with Crippen molar-refractivity contribution in [2.45, 2.75) is 0 Å². The highest BCUT2D eigenvalue weighted by Crippen LogP contribution is 2.14. The van der Waals surface area contributed by atoms with Gasteiger partial charge in [-0.05, 0) is 36.5 Å². The third-order valence-corrected chi connectivity index (χ3v) is 4.24. The second kappa shape index (κ2) is 7.75. The van der Waals surface area contributed by atoms with Gasteiger partial charge in [0.1, 0.15) is 5.56 Å². The molecule has 9 heteroatoms. The Morgan fingerprint density at radius 1 is 1.22 bits per heavy atom. The monoisotopic (exact) mass is 381 g/mol. The lowest BCUT2D eigenvalue weighted by atomic mass is 10.2. The maximum absolute atomic E-state index is 12.8. The van der Waals surface area contributed by atoms with Gasteiger partial charge in [0.25, 0.3) is 11.5 Å². The third-order valence-electron chi connectivity index (χ3n) is 3.79. The van der Waals surface area contributed by atoms with Crippen molar-refractivity contribution in [2.24, 2.45) is 12.1 Å². The van der Waals surface area contributed by atoms with E-state index in [2.05, 4.69) is 15.5 Å². The predicted molar refractivity (Wildman–Crippen MR) is 103 cm³/mol. The van der Waals surface area contributed by atoms with E-state index in [0.717, 1.165) is 6.21 Å². The number of hydrogen-bond acceptors (Lipinski definition) is 6. The van der Waals surface area contributed by atoms with Gasteiger partial charge in [-0.25, -0.2) is 5.43 Å². The fourth-order valence-electron chi connectivity index (χ4n) is 2.37. The molecule has 0 saturated heterocycles. The molecule has 8 nitrogen and oxygen atoms in total. The number of hydrogen-bond donors (Lipinski definition) is 2. The van der Waals surface area contributed by atoms with Gasteiger partial charge in [0, 0.05) is 25.0 Å². The first-order valence-corrected chi connectivity index (χ1v) is 8.25. The summed E-state index contributed by atoms with van der Waals surface area (Å²) in [6, 6.07) is 11.8. The highest BCUT2D eigenvalue weighted by atomic mass is 32.1. The van der Waals surface area contributed by atoms with Crippen molar-refractivity contribution < 1.29 is 9.90 Å². The van der Waals surface area contributed by atoms with Crippen LogP contribution < -0.4 is 11.0 Å². The Kier molecular flexibility index (Phi) is 5.23. The van der Waals surface area contributed by atoms with Gasteiger partial charge in [0.15, 0.2) is 4.77 Å². The number of nitrogens with one attached hydrogen (secondary N) is 1. The van der Waals surface area contributed by atoms with Crippen LogP contribution in [0.4, 0.5) is 0 Å². The molecule has 1 aromatic carbocycles. The molecule has 0 saturated carbocycles. The number of pyridine rings is 1. The lowest BCUT2D eigenvalue weighted by Gasteiger charge is -2.12. The zero-order valence-corrected chi connectivity index (χ0v) is 15.1. The molecule has 0 bridgehead atoms. The lowest BCUT2D eigenvalue weighted by molar-refractivity contribution is 0.0955. The molecule has 0 unspecified atom stereocenters. The average molecular weight is 381 g/mol. The molecule has 0 spiro atoms. The van der Waals surface area contributed by atoms with Crippen molar-refractivity contribution >= 4 is 24.3 Å². The van der Waals surface area contributed by atoms with Crippen molar-refractivity contribution in [2.75, 3.05) is 0 Å². The number of carbonyl (C=O) groups is 1. The van der Waals surface area contributed by atoms with Crippen LogP contribution >= 0.6 is 12.2 Å². The van der Waals surface area contributed by atoms with Gasteiger partial charge in [-0.3, -0.25) is 23.7 Å². The number of rotatable bonds is 4. The highest BCUT2D eigenvalue weighted by Gasteiger charge is 2.15. The summed E-state index contributed by atoms with van der Waals surface area (Å²) in [6.07, 6.45) is 4.04.